The fourth-order valence-electron chi connectivity index (χ4n) is 9.21. The Morgan fingerprint density at radius 1 is 0.368 bits per heavy atom. The van der Waals surface area contributed by atoms with Crippen LogP contribution in [-0.4, -0.2) is 14.5 Å². The molecule has 0 aliphatic rings. The summed E-state index contributed by atoms with van der Waals surface area (Å²) in [5.41, 5.74) is 7.54. The van der Waals surface area contributed by atoms with Crippen LogP contribution >= 0.6 is 22.7 Å². The molecule has 0 aliphatic heterocycles. The van der Waals surface area contributed by atoms with Crippen LogP contribution in [-0.2, 0) is 0 Å². The zero-order valence-corrected chi connectivity index (χ0v) is 32.0. The van der Waals surface area contributed by atoms with Gasteiger partial charge in [0.2, 0.25) is 5.95 Å². The average molecular weight is 760 g/mol. The van der Waals surface area contributed by atoms with Crippen LogP contribution in [0.15, 0.2) is 176 Å². The van der Waals surface area contributed by atoms with Gasteiger partial charge in [-0.05, 0) is 63.0 Å². The van der Waals surface area contributed by atoms with Crippen molar-refractivity contribution in [3.8, 4) is 28.3 Å². The van der Waals surface area contributed by atoms with E-state index < -0.39 is 0 Å². The van der Waals surface area contributed by atoms with Gasteiger partial charge in [0.15, 0.2) is 0 Å². The van der Waals surface area contributed by atoms with E-state index in [-0.39, 0.29) is 0 Å². The molecule has 13 aromatic rings. The van der Waals surface area contributed by atoms with Gasteiger partial charge in [-0.2, -0.15) is 0 Å². The highest BCUT2D eigenvalue weighted by molar-refractivity contribution is 7.27. The molecule has 0 N–H and O–H groups in total. The second-order valence-electron chi connectivity index (χ2n) is 14.9. The van der Waals surface area contributed by atoms with Crippen molar-refractivity contribution in [3.63, 3.8) is 0 Å². The SMILES string of the molecule is c1ccc(-c2cccc(-c3nc(-n4c5ccccc5c5cc6c(ccc7c8ccccc8sc67)cc54)nc4c3sc3c5ccccc5c5ccccc5c43)c2)cc1. The summed E-state index contributed by atoms with van der Waals surface area (Å²) in [4.78, 5) is 11.3. The lowest BCUT2D eigenvalue weighted by Gasteiger charge is -2.12. The largest absolute Gasteiger partial charge is 0.278 e. The molecule has 0 fully saturated rings. The Kier molecular flexibility index (Phi) is 6.48. The maximum Gasteiger partial charge on any atom is 0.235 e. The summed E-state index contributed by atoms with van der Waals surface area (Å²) in [5.74, 6) is 0.674. The summed E-state index contributed by atoms with van der Waals surface area (Å²) < 4.78 is 7.28. The van der Waals surface area contributed by atoms with Crippen molar-refractivity contribution in [3.05, 3.63) is 176 Å². The molecule has 0 radical (unpaired) electrons. The molecule has 0 spiro atoms. The van der Waals surface area contributed by atoms with E-state index in [0.717, 1.165) is 38.1 Å². The quantitative estimate of drug-likeness (QED) is 0.168. The van der Waals surface area contributed by atoms with Crippen molar-refractivity contribution >= 4 is 117 Å². The van der Waals surface area contributed by atoms with Crippen LogP contribution in [0.1, 0.15) is 0 Å². The standard InChI is InChI=1S/C52H29N3S2/c1-2-13-30(14-3-1)31-15-12-16-33(27-31)47-51-48(46-38-21-6-4-17-34(38)35-18-5-7-22-39(35)50(46)57-51)54-52(53-47)55-43-23-10-8-19-36(43)42-29-41-32(28-44(42)55)25-26-40-37-20-9-11-24-45(37)56-49(40)41/h1-29H. The molecule has 0 saturated carbocycles. The summed E-state index contributed by atoms with van der Waals surface area (Å²) >= 11 is 3.70. The van der Waals surface area contributed by atoms with Crippen LogP contribution in [0.25, 0.3) is 123 Å². The molecule has 0 bridgehead atoms. The van der Waals surface area contributed by atoms with Crippen molar-refractivity contribution in [1.82, 2.24) is 14.5 Å². The Morgan fingerprint density at radius 2 is 1.04 bits per heavy atom. The highest BCUT2D eigenvalue weighted by Crippen LogP contribution is 2.47. The van der Waals surface area contributed by atoms with Crippen molar-refractivity contribution in [2.24, 2.45) is 0 Å². The zero-order chi connectivity index (χ0) is 37.2. The van der Waals surface area contributed by atoms with Crippen LogP contribution in [0.5, 0.6) is 0 Å². The fourth-order valence-corrected chi connectivity index (χ4v) is 11.7. The average Bonchev–Trinajstić information content (AvgIpc) is 3.96. The molecular weight excluding hydrogens is 731 g/mol. The third-order valence-corrected chi connectivity index (χ3v) is 14.2. The van der Waals surface area contributed by atoms with E-state index in [2.05, 4.69) is 180 Å². The van der Waals surface area contributed by atoms with E-state index in [1.165, 1.54) is 78.9 Å². The number of thiophene rings is 2. The molecule has 13 rings (SSSR count). The molecule has 0 atom stereocenters. The van der Waals surface area contributed by atoms with Crippen LogP contribution < -0.4 is 0 Å². The molecule has 264 valence electrons. The molecular formula is C52H29N3S2. The number of rotatable bonds is 3. The molecule has 9 aromatic carbocycles. The minimum absolute atomic E-state index is 0.674. The lowest BCUT2D eigenvalue weighted by Crippen LogP contribution is -2.03. The van der Waals surface area contributed by atoms with Gasteiger partial charge < -0.3 is 0 Å². The van der Waals surface area contributed by atoms with Crippen LogP contribution in [0.4, 0.5) is 0 Å². The van der Waals surface area contributed by atoms with Gasteiger partial charge in [0.05, 0.1) is 26.9 Å². The van der Waals surface area contributed by atoms with Gasteiger partial charge in [-0.1, -0.05) is 146 Å². The van der Waals surface area contributed by atoms with Gasteiger partial charge in [0.25, 0.3) is 0 Å². The third kappa shape index (κ3) is 4.47. The lowest BCUT2D eigenvalue weighted by molar-refractivity contribution is 1.02. The Bertz CT molecular complexity index is 3820. The number of fused-ring (bicyclic) bond motifs is 16. The summed E-state index contributed by atoms with van der Waals surface area (Å²) in [7, 11) is 0. The fraction of sp³-hybridized carbons (Fsp3) is 0. The van der Waals surface area contributed by atoms with Crippen molar-refractivity contribution in [1.29, 1.82) is 0 Å². The van der Waals surface area contributed by atoms with Gasteiger partial charge in [0.1, 0.15) is 0 Å². The molecule has 0 saturated heterocycles. The smallest absolute Gasteiger partial charge is 0.235 e. The Hall–Kier alpha value is -6.92. The summed E-state index contributed by atoms with van der Waals surface area (Å²) in [6, 6.07) is 63.9. The minimum Gasteiger partial charge on any atom is -0.278 e. The first-order valence-electron chi connectivity index (χ1n) is 19.2. The monoisotopic (exact) mass is 759 g/mol. The van der Waals surface area contributed by atoms with E-state index in [4.69, 9.17) is 9.97 Å². The molecule has 57 heavy (non-hydrogen) atoms. The van der Waals surface area contributed by atoms with Crippen LogP contribution in [0.2, 0.25) is 0 Å². The summed E-state index contributed by atoms with van der Waals surface area (Å²) in [5, 5.41) is 13.7. The number of benzene rings is 9. The van der Waals surface area contributed by atoms with Crippen molar-refractivity contribution in [2.75, 3.05) is 0 Å². The zero-order valence-electron chi connectivity index (χ0n) is 30.4. The first-order chi connectivity index (χ1) is 28.3. The second kappa shape index (κ2) is 11.8. The third-order valence-electron chi connectivity index (χ3n) is 11.8. The number of nitrogens with zero attached hydrogens (tertiary/aromatic N) is 3. The van der Waals surface area contributed by atoms with E-state index in [0.29, 0.717) is 5.95 Å². The maximum absolute atomic E-state index is 5.65. The predicted octanol–water partition coefficient (Wildman–Crippen LogP) is 15.1. The molecule has 5 heteroatoms. The Labute approximate surface area is 334 Å². The van der Waals surface area contributed by atoms with E-state index in [1.807, 2.05) is 22.7 Å². The summed E-state index contributed by atoms with van der Waals surface area (Å²) in [6.07, 6.45) is 0. The van der Waals surface area contributed by atoms with Crippen molar-refractivity contribution < 1.29 is 0 Å². The van der Waals surface area contributed by atoms with Gasteiger partial charge in [-0.15, -0.1) is 22.7 Å². The number of aromatic nitrogens is 3. The highest BCUT2D eigenvalue weighted by atomic mass is 32.1. The normalized spacial score (nSPS) is 12.2. The van der Waals surface area contributed by atoms with Gasteiger partial charge in [-0.25, -0.2) is 9.97 Å². The van der Waals surface area contributed by atoms with Crippen molar-refractivity contribution in [2.45, 2.75) is 0 Å². The van der Waals surface area contributed by atoms with Gasteiger partial charge in [0, 0.05) is 57.4 Å². The van der Waals surface area contributed by atoms with Crippen LogP contribution in [0.3, 0.4) is 0 Å². The topological polar surface area (TPSA) is 30.7 Å². The number of hydrogen-bond donors (Lipinski definition) is 0. The first kappa shape index (κ1) is 31.3. The molecule has 0 aliphatic carbocycles. The minimum atomic E-state index is 0.674. The summed E-state index contributed by atoms with van der Waals surface area (Å²) in [6.45, 7) is 0. The van der Waals surface area contributed by atoms with E-state index in [1.54, 1.807) is 0 Å². The Morgan fingerprint density at radius 3 is 1.89 bits per heavy atom. The van der Waals surface area contributed by atoms with E-state index in [9.17, 15) is 0 Å². The van der Waals surface area contributed by atoms with Gasteiger partial charge >= 0.3 is 0 Å². The molecule has 4 aromatic heterocycles. The number of hydrogen-bond acceptors (Lipinski definition) is 4. The molecule has 0 unspecified atom stereocenters. The lowest BCUT2D eigenvalue weighted by atomic mass is 9.98. The second-order valence-corrected chi connectivity index (χ2v) is 17.0. The first-order valence-corrected chi connectivity index (χ1v) is 20.9. The molecule has 4 heterocycles. The number of para-hydroxylation sites is 1. The molecule has 3 nitrogen and oxygen atoms in total. The predicted molar refractivity (Wildman–Crippen MR) is 246 cm³/mol. The Balaban J connectivity index is 1.17. The van der Waals surface area contributed by atoms with E-state index >= 15 is 0 Å². The van der Waals surface area contributed by atoms with Gasteiger partial charge in [-0.3, -0.25) is 4.57 Å². The van der Waals surface area contributed by atoms with Crippen LogP contribution in [0, 0.1) is 0 Å². The highest BCUT2D eigenvalue weighted by Gasteiger charge is 2.23. The molecule has 0 amide bonds. The maximum atomic E-state index is 5.65.